The molecule has 3 heteroatoms. The average Bonchev–Trinajstić information content (AvgIpc) is 3.64. The standard InChI is InChI=1S/C27H30N2O/c30-26(17-10-20-29(25-18-19-25)21-22-11-4-1-5-12-22)28-27(23-13-6-2-7-14-23)24-15-8-3-9-16-24/h1-9,11-16,25,27H,10,17-21H2,(H,28,30). The van der Waals surface area contributed by atoms with Crippen LogP contribution in [0.2, 0.25) is 0 Å². The van der Waals surface area contributed by atoms with Gasteiger partial charge in [-0.2, -0.15) is 0 Å². The molecule has 0 spiro atoms. The van der Waals surface area contributed by atoms with Crippen molar-refractivity contribution in [2.24, 2.45) is 0 Å². The van der Waals surface area contributed by atoms with Crippen molar-refractivity contribution >= 4 is 5.91 Å². The first-order chi connectivity index (χ1) is 14.8. The van der Waals surface area contributed by atoms with Gasteiger partial charge in [0.15, 0.2) is 0 Å². The van der Waals surface area contributed by atoms with Gasteiger partial charge in [0.05, 0.1) is 6.04 Å². The maximum atomic E-state index is 12.8. The minimum absolute atomic E-state index is 0.108. The van der Waals surface area contributed by atoms with E-state index in [1.165, 1.54) is 18.4 Å². The monoisotopic (exact) mass is 398 g/mol. The summed E-state index contributed by atoms with van der Waals surface area (Å²) in [5, 5.41) is 3.26. The summed E-state index contributed by atoms with van der Waals surface area (Å²) in [6, 6.07) is 31.6. The molecule has 3 aromatic rings. The predicted octanol–water partition coefficient (Wildman–Crippen LogP) is 5.34. The van der Waals surface area contributed by atoms with Crippen LogP contribution in [0, 0.1) is 0 Å². The van der Waals surface area contributed by atoms with Gasteiger partial charge in [0, 0.05) is 19.0 Å². The molecule has 154 valence electrons. The summed E-state index contributed by atoms with van der Waals surface area (Å²) in [5.74, 6) is 0.114. The fraction of sp³-hybridized carbons (Fsp3) is 0.296. The fourth-order valence-electron chi connectivity index (χ4n) is 3.97. The summed E-state index contributed by atoms with van der Waals surface area (Å²) >= 11 is 0. The highest BCUT2D eigenvalue weighted by atomic mass is 16.1. The van der Waals surface area contributed by atoms with E-state index >= 15 is 0 Å². The summed E-state index contributed by atoms with van der Waals surface area (Å²) in [7, 11) is 0. The quantitative estimate of drug-likeness (QED) is 0.500. The van der Waals surface area contributed by atoms with Gasteiger partial charge >= 0.3 is 0 Å². The molecule has 0 aromatic heterocycles. The third kappa shape index (κ3) is 5.80. The number of nitrogens with one attached hydrogen (secondary N) is 1. The largest absolute Gasteiger partial charge is 0.345 e. The van der Waals surface area contributed by atoms with Gasteiger partial charge in [-0.15, -0.1) is 0 Å². The molecule has 0 atom stereocenters. The van der Waals surface area contributed by atoms with E-state index in [1.807, 2.05) is 36.4 Å². The highest BCUT2D eigenvalue weighted by molar-refractivity contribution is 5.77. The number of hydrogen-bond acceptors (Lipinski definition) is 2. The summed E-state index contributed by atoms with van der Waals surface area (Å²) < 4.78 is 0. The zero-order chi connectivity index (χ0) is 20.6. The van der Waals surface area contributed by atoms with E-state index in [-0.39, 0.29) is 11.9 Å². The summed E-state index contributed by atoms with van der Waals surface area (Å²) in [4.78, 5) is 15.3. The number of hydrogen-bond donors (Lipinski definition) is 1. The minimum atomic E-state index is -0.108. The minimum Gasteiger partial charge on any atom is -0.345 e. The van der Waals surface area contributed by atoms with Gasteiger partial charge in [0.25, 0.3) is 0 Å². The Kier molecular flexibility index (Phi) is 6.94. The van der Waals surface area contributed by atoms with Crippen LogP contribution in [0.25, 0.3) is 0 Å². The molecule has 0 unspecified atom stereocenters. The maximum absolute atomic E-state index is 12.8. The van der Waals surface area contributed by atoms with Crippen molar-refractivity contribution in [3.63, 3.8) is 0 Å². The van der Waals surface area contributed by atoms with Crippen molar-refractivity contribution in [3.05, 3.63) is 108 Å². The Balaban J connectivity index is 1.33. The SMILES string of the molecule is O=C(CCCN(Cc1ccccc1)C1CC1)NC(c1ccccc1)c1ccccc1. The van der Waals surface area contributed by atoms with Crippen LogP contribution in [0.3, 0.4) is 0 Å². The molecule has 1 N–H and O–H groups in total. The van der Waals surface area contributed by atoms with Crippen molar-refractivity contribution in [2.75, 3.05) is 6.54 Å². The highest BCUT2D eigenvalue weighted by Gasteiger charge is 2.28. The van der Waals surface area contributed by atoms with Crippen molar-refractivity contribution in [3.8, 4) is 0 Å². The molecule has 1 fully saturated rings. The van der Waals surface area contributed by atoms with Crippen LogP contribution in [-0.4, -0.2) is 23.4 Å². The van der Waals surface area contributed by atoms with Gasteiger partial charge in [-0.25, -0.2) is 0 Å². The van der Waals surface area contributed by atoms with E-state index in [0.717, 1.165) is 30.6 Å². The number of nitrogens with zero attached hydrogens (tertiary/aromatic N) is 1. The molecule has 0 bridgehead atoms. The number of carbonyl (C=O) groups excluding carboxylic acids is 1. The van der Waals surface area contributed by atoms with Gasteiger partial charge in [0.2, 0.25) is 5.91 Å². The van der Waals surface area contributed by atoms with Crippen molar-refractivity contribution in [1.29, 1.82) is 0 Å². The maximum Gasteiger partial charge on any atom is 0.220 e. The third-order valence-electron chi connectivity index (χ3n) is 5.71. The second kappa shape index (κ2) is 10.2. The summed E-state index contributed by atoms with van der Waals surface area (Å²) in [5.41, 5.74) is 3.57. The lowest BCUT2D eigenvalue weighted by Gasteiger charge is -2.23. The molecule has 4 rings (SSSR count). The second-order valence-corrected chi connectivity index (χ2v) is 8.11. The van der Waals surface area contributed by atoms with Crippen LogP contribution in [0.5, 0.6) is 0 Å². The molecule has 1 aliphatic carbocycles. The molecular weight excluding hydrogens is 368 g/mol. The van der Waals surface area contributed by atoms with Gasteiger partial charge < -0.3 is 5.32 Å². The fourth-order valence-corrected chi connectivity index (χ4v) is 3.97. The van der Waals surface area contributed by atoms with Crippen LogP contribution < -0.4 is 5.32 Å². The first kappa shape index (κ1) is 20.4. The van der Waals surface area contributed by atoms with Crippen molar-refractivity contribution in [1.82, 2.24) is 10.2 Å². The van der Waals surface area contributed by atoms with Gasteiger partial charge in [-0.05, 0) is 42.5 Å². The van der Waals surface area contributed by atoms with Gasteiger partial charge in [-0.3, -0.25) is 9.69 Å². The number of carbonyl (C=O) groups is 1. The van der Waals surface area contributed by atoms with E-state index in [0.29, 0.717) is 12.5 Å². The summed E-state index contributed by atoms with van der Waals surface area (Å²) in [6.45, 7) is 1.94. The zero-order valence-electron chi connectivity index (χ0n) is 17.4. The van der Waals surface area contributed by atoms with Crippen molar-refractivity contribution in [2.45, 2.75) is 44.3 Å². The Morgan fingerprint density at radius 3 is 1.90 bits per heavy atom. The predicted molar refractivity (Wildman–Crippen MR) is 122 cm³/mol. The number of rotatable bonds is 10. The first-order valence-electron chi connectivity index (χ1n) is 11.0. The normalized spacial score (nSPS) is 13.5. The molecule has 1 saturated carbocycles. The smallest absolute Gasteiger partial charge is 0.220 e. The average molecular weight is 399 g/mol. The van der Waals surface area contributed by atoms with Crippen LogP contribution in [0.4, 0.5) is 0 Å². The molecule has 0 heterocycles. The second-order valence-electron chi connectivity index (χ2n) is 8.11. The van der Waals surface area contributed by atoms with E-state index < -0.39 is 0 Å². The van der Waals surface area contributed by atoms with E-state index in [9.17, 15) is 4.79 Å². The van der Waals surface area contributed by atoms with Crippen LogP contribution in [-0.2, 0) is 11.3 Å². The van der Waals surface area contributed by atoms with Gasteiger partial charge in [0.1, 0.15) is 0 Å². The molecule has 0 saturated heterocycles. The summed E-state index contributed by atoms with van der Waals surface area (Å²) in [6.07, 6.45) is 3.99. The third-order valence-corrected chi connectivity index (χ3v) is 5.71. The lowest BCUT2D eigenvalue weighted by molar-refractivity contribution is -0.121. The van der Waals surface area contributed by atoms with Crippen LogP contribution in [0.1, 0.15) is 48.4 Å². The molecule has 0 aliphatic heterocycles. The molecule has 30 heavy (non-hydrogen) atoms. The first-order valence-corrected chi connectivity index (χ1v) is 11.0. The van der Waals surface area contributed by atoms with Crippen LogP contribution in [0.15, 0.2) is 91.0 Å². The van der Waals surface area contributed by atoms with E-state index in [2.05, 4.69) is 64.8 Å². The molecule has 1 amide bonds. The van der Waals surface area contributed by atoms with Crippen molar-refractivity contribution < 1.29 is 4.79 Å². The Hall–Kier alpha value is -2.91. The molecule has 3 aromatic carbocycles. The van der Waals surface area contributed by atoms with E-state index in [1.54, 1.807) is 0 Å². The topological polar surface area (TPSA) is 32.3 Å². The van der Waals surface area contributed by atoms with Gasteiger partial charge in [-0.1, -0.05) is 91.0 Å². The molecule has 0 radical (unpaired) electrons. The zero-order valence-corrected chi connectivity index (χ0v) is 17.4. The van der Waals surface area contributed by atoms with Crippen LogP contribution >= 0.6 is 0 Å². The lowest BCUT2D eigenvalue weighted by Crippen LogP contribution is -2.31. The molecule has 3 nitrogen and oxygen atoms in total. The lowest BCUT2D eigenvalue weighted by atomic mass is 9.98. The molecule has 1 aliphatic rings. The Labute approximate surface area is 179 Å². The Morgan fingerprint density at radius 1 is 0.833 bits per heavy atom. The molecular formula is C27H30N2O. The number of benzene rings is 3. The Morgan fingerprint density at radius 2 is 1.37 bits per heavy atom. The highest BCUT2D eigenvalue weighted by Crippen LogP contribution is 2.28. The number of amides is 1. The van der Waals surface area contributed by atoms with E-state index in [4.69, 9.17) is 0 Å². The Bertz CT molecular complexity index is 868.